The van der Waals surface area contributed by atoms with E-state index < -0.39 is 12.0 Å². The van der Waals surface area contributed by atoms with Crippen molar-refractivity contribution in [3.8, 4) is 16.8 Å². The number of thiophene rings is 1. The lowest BCUT2D eigenvalue weighted by molar-refractivity contribution is -0.137. The first-order valence-electron chi connectivity index (χ1n) is 9.96. The molecule has 0 bridgehead atoms. The number of nitrogens with zero attached hydrogens (tertiary/aromatic N) is 4. The van der Waals surface area contributed by atoms with Gasteiger partial charge < -0.3 is 10.4 Å². The molecule has 1 aliphatic heterocycles. The SMILES string of the molecule is CNCC#Cc1ccc(C2=NC(CC(=O)O)c3nnc(C)n3-c3sc(C)c(C)c32)cc1. The lowest BCUT2D eigenvalue weighted by atomic mass is 9.98. The predicted molar refractivity (Wildman–Crippen MR) is 121 cm³/mol. The quantitative estimate of drug-likeness (QED) is 0.617. The van der Waals surface area contributed by atoms with Gasteiger partial charge in [-0.15, -0.1) is 21.5 Å². The first-order chi connectivity index (χ1) is 14.9. The largest absolute Gasteiger partial charge is 0.481 e. The highest BCUT2D eigenvalue weighted by Gasteiger charge is 2.32. The average molecular weight is 434 g/mol. The molecule has 31 heavy (non-hydrogen) atoms. The Hall–Kier alpha value is -3.28. The van der Waals surface area contributed by atoms with Crippen LogP contribution in [-0.4, -0.2) is 45.1 Å². The maximum absolute atomic E-state index is 11.6. The Kier molecular flexibility index (Phi) is 5.72. The van der Waals surface area contributed by atoms with Crippen molar-refractivity contribution in [2.24, 2.45) is 4.99 Å². The summed E-state index contributed by atoms with van der Waals surface area (Å²) in [4.78, 5) is 17.7. The molecule has 0 amide bonds. The number of benzene rings is 1. The number of carboxylic acids is 1. The zero-order valence-electron chi connectivity index (χ0n) is 17.9. The minimum absolute atomic E-state index is 0.151. The van der Waals surface area contributed by atoms with E-state index in [-0.39, 0.29) is 6.42 Å². The van der Waals surface area contributed by atoms with Crippen LogP contribution >= 0.6 is 11.3 Å². The Bertz CT molecular complexity index is 1240. The summed E-state index contributed by atoms with van der Waals surface area (Å²) in [5.41, 5.74) is 4.76. The second kappa shape index (κ2) is 8.46. The zero-order chi connectivity index (χ0) is 22.1. The van der Waals surface area contributed by atoms with E-state index in [1.807, 2.05) is 42.8 Å². The molecule has 0 radical (unpaired) electrons. The van der Waals surface area contributed by atoms with Gasteiger partial charge in [-0.05, 0) is 45.5 Å². The zero-order valence-corrected chi connectivity index (χ0v) is 18.7. The third-order valence-corrected chi connectivity index (χ3v) is 6.46. The average Bonchev–Trinajstić information content (AvgIpc) is 3.21. The number of aromatic nitrogens is 3. The Labute approximate surface area is 184 Å². The fourth-order valence-corrected chi connectivity index (χ4v) is 4.85. The topological polar surface area (TPSA) is 92.4 Å². The summed E-state index contributed by atoms with van der Waals surface area (Å²) in [7, 11) is 1.86. The van der Waals surface area contributed by atoms with Crippen LogP contribution in [0.5, 0.6) is 0 Å². The van der Waals surface area contributed by atoms with Crippen LogP contribution in [0.1, 0.15) is 51.2 Å². The van der Waals surface area contributed by atoms with Gasteiger partial charge in [0.05, 0.1) is 18.7 Å². The van der Waals surface area contributed by atoms with Crippen molar-refractivity contribution >= 4 is 23.0 Å². The molecule has 3 aromatic rings. The molecule has 1 aromatic carbocycles. The van der Waals surface area contributed by atoms with E-state index in [1.165, 1.54) is 4.88 Å². The first-order valence-corrected chi connectivity index (χ1v) is 10.8. The molecule has 4 rings (SSSR count). The lowest BCUT2D eigenvalue weighted by Gasteiger charge is -2.10. The Morgan fingerprint density at radius 2 is 1.97 bits per heavy atom. The van der Waals surface area contributed by atoms with E-state index in [2.05, 4.69) is 41.2 Å². The molecule has 0 fully saturated rings. The van der Waals surface area contributed by atoms with Crippen molar-refractivity contribution in [3.05, 3.63) is 63.0 Å². The molecule has 2 N–H and O–H groups in total. The maximum atomic E-state index is 11.6. The third kappa shape index (κ3) is 3.90. The number of aliphatic carboxylic acids is 1. The number of rotatable bonds is 4. The Balaban J connectivity index is 1.89. The van der Waals surface area contributed by atoms with E-state index >= 15 is 0 Å². The minimum atomic E-state index is -0.923. The summed E-state index contributed by atoms with van der Waals surface area (Å²) in [6, 6.07) is 7.31. The highest BCUT2D eigenvalue weighted by molar-refractivity contribution is 7.15. The maximum Gasteiger partial charge on any atom is 0.306 e. The Morgan fingerprint density at radius 3 is 2.65 bits per heavy atom. The summed E-state index contributed by atoms with van der Waals surface area (Å²) < 4.78 is 1.96. The van der Waals surface area contributed by atoms with Crippen LogP contribution in [0.2, 0.25) is 0 Å². The fraction of sp³-hybridized carbons (Fsp3) is 0.304. The molecule has 0 spiro atoms. The lowest BCUT2D eigenvalue weighted by Crippen LogP contribution is -2.10. The van der Waals surface area contributed by atoms with Crippen LogP contribution in [0.4, 0.5) is 0 Å². The number of carboxylic acid groups (broad SMARTS) is 1. The van der Waals surface area contributed by atoms with Gasteiger partial charge in [0.25, 0.3) is 0 Å². The van der Waals surface area contributed by atoms with Gasteiger partial charge >= 0.3 is 5.97 Å². The van der Waals surface area contributed by atoms with Crippen molar-refractivity contribution in [1.82, 2.24) is 20.1 Å². The van der Waals surface area contributed by atoms with Crippen LogP contribution in [-0.2, 0) is 4.79 Å². The number of nitrogens with one attached hydrogen (secondary N) is 1. The predicted octanol–water partition coefficient (Wildman–Crippen LogP) is 3.19. The van der Waals surface area contributed by atoms with E-state index in [4.69, 9.17) is 4.99 Å². The van der Waals surface area contributed by atoms with Gasteiger partial charge in [0.15, 0.2) is 5.82 Å². The molecule has 1 aliphatic rings. The third-order valence-electron chi connectivity index (χ3n) is 5.26. The van der Waals surface area contributed by atoms with Gasteiger partial charge in [-0.25, -0.2) is 0 Å². The standard InChI is InChI=1S/C23H23N5O2S/c1-13-14(2)31-23-20(13)21(17-9-7-16(8-10-17)6-5-11-24-4)25-18(12-19(29)30)22-27-26-15(3)28(22)23/h7-10,18,24H,11-12H2,1-4H3,(H,29,30). The van der Waals surface area contributed by atoms with Crippen molar-refractivity contribution in [2.45, 2.75) is 33.2 Å². The number of carbonyl (C=O) groups is 1. The van der Waals surface area contributed by atoms with Crippen LogP contribution in [0.15, 0.2) is 29.3 Å². The molecule has 7 nitrogen and oxygen atoms in total. The molecule has 1 unspecified atom stereocenters. The highest BCUT2D eigenvalue weighted by atomic mass is 32.1. The van der Waals surface area contributed by atoms with Crippen LogP contribution in [0.3, 0.4) is 0 Å². The number of hydrogen-bond acceptors (Lipinski definition) is 6. The Morgan fingerprint density at radius 1 is 1.23 bits per heavy atom. The highest BCUT2D eigenvalue weighted by Crippen LogP contribution is 2.39. The van der Waals surface area contributed by atoms with Crippen molar-refractivity contribution in [1.29, 1.82) is 0 Å². The summed E-state index contributed by atoms with van der Waals surface area (Å²) >= 11 is 1.65. The molecular weight excluding hydrogens is 410 g/mol. The second-order valence-corrected chi connectivity index (χ2v) is 8.61. The molecule has 0 saturated carbocycles. The molecule has 158 valence electrons. The summed E-state index contributed by atoms with van der Waals surface area (Å²) in [5.74, 6) is 6.54. The summed E-state index contributed by atoms with van der Waals surface area (Å²) in [6.45, 7) is 6.67. The molecule has 1 atom stereocenters. The van der Waals surface area contributed by atoms with E-state index in [9.17, 15) is 9.90 Å². The van der Waals surface area contributed by atoms with E-state index in [0.29, 0.717) is 12.4 Å². The van der Waals surface area contributed by atoms with Crippen molar-refractivity contribution in [3.63, 3.8) is 0 Å². The smallest absolute Gasteiger partial charge is 0.306 e. The minimum Gasteiger partial charge on any atom is -0.481 e. The van der Waals surface area contributed by atoms with Gasteiger partial charge in [-0.2, -0.15) is 0 Å². The molecule has 0 saturated heterocycles. The van der Waals surface area contributed by atoms with Crippen molar-refractivity contribution < 1.29 is 9.90 Å². The molecule has 8 heteroatoms. The van der Waals surface area contributed by atoms with Crippen LogP contribution < -0.4 is 5.32 Å². The summed E-state index contributed by atoms with van der Waals surface area (Å²) in [6.07, 6.45) is -0.151. The normalized spacial score (nSPS) is 14.7. The number of aliphatic imine (C=N–C) groups is 1. The van der Waals surface area contributed by atoms with Gasteiger partial charge in [0.2, 0.25) is 0 Å². The van der Waals surface area contributed by atoms with Crippen molar-refractivity contribution in [2.75, 3.05) is 13.6 Å². The fourth-order valence-electron chi connectivity index (χ4n) is 3.64. The molecule has 2 aromatic heterocycles. The van der Waals surface area contributed by atoms with Gasteiger partial charge in [0, 0.05) is 21.6 Å². The molecule has 3 heterocycles. The van der Waals surface area contributed by atoms with Crippen LogP contribution in [0.25, 0.3) is 5.00 Å². The van der Waals surface area contributed by atoms with Gasteiger partial charge in [0.1, 0.15) is 16.9 Å². The van der Waals surface area contributed by atoms with Crippen LogP contribution in [0, 0.1) is 32.6 Å². The monoisotopic (exact) mass is 433 g/mol. The molecular formula is C23H23N5O2S. The van der Waals surface area contributed by atoms with Gasteiger partial charge in [-0.1, -0.05) is 24.0 Å². The number of fused-ring (bicyclic) bond motifs is 3. The summed E-state index contributed by atoms with van der Waals surface area (Å²) in [5, 5.41) is 22.0. The first kappa shape index (κ1) is 21.0. The van der Waals surface area contributed by atoms with E-state index in [0.717, 1.165) is 38.8 Å². The molecule has 0 aliphatic carbocycles. The number of hydrogen-bond donors (Lipinski definition) is 2. The second-order valence-electron chi connectivity index (χ2n) is 7.41. The number of aryl methyl sites for hydroxylation is 2. The van der Waals surface area contributed by atoms with Gasteiger partial charge in [-0.3, -0.25) is 14.4 Å². The van der Waals surface area contributed by atoms with E-state index in [1.54, 1.807) is 11.3 Å².